The normalized spacial score (nSPS) is 10.8. The molecule has 0 spiro atoms. The summed E-state index contributed by atoms with van der Waals surface area (Å²) in [6, 6.07) is 13.3. The number of benzene rings is 2. The van der Waals surface area contributed by atoms with E-state index in [9.17, 15) is 9.90 Å². The van der Waals surface area contributed by atoms with Gasteiger partial charge in [0.2, 0.25) is 0 Å². The number of aromatic amines is 1. The Morgan fingerprint density at radius 3 is 2.70 bits per heavy atom. The fourth-order valence-electron chi connectivity index (χ4n) is 2.49. The van der Waals surface area contributed by atoms with Crippen molar-refractivity contribution in [1.29, 1.82) is 0 Å². The molecule has 3 aromatic rings. The van der Waals surface area contributed by atoms with Crippen molar-refractivity contribution in [2.75, 3.05) is 0 Å². The number of hydrogen-bond acceptors (Lipinski definition) is 2. The minimum Gasteiger partial charge on any atom is -0.478 e. The summed E-state index contributed by atoms with van der Waals surface area (Å²) in [5.74, 6) is -0.929. The highest BCUT2D eigenvalue weighted by Crippen LogP contribution is 2.25. The molecular weight excluding hydrogens is 252 g/mol. The molecule has 20 heavy (non-hydrogen) atoms. The van der Waals surface area contributed by atoms with Crippen molar-refractivity contribution >= 4 is 16.9 Å². The Hall–Kier alpha value is -2.62. The van der Waals surface area contributed by atoms with Crippen LogP contribution < -0.4 is 0 Å². The molecule has 4 nitrogen and oxygen atoms in total. The molecule has 1 aromatic heterocycles. The Morgan fingerprint density at radius 1 is 1.25 bits per heavy atom. The molecule has 0 atom stereocenters. The van der Waals surface area contributed by atoms with E-state index in [1.807, 2.05) is 37.3 Å². The summed E-state index contributed by atoms with van der Waals surface area (Å²) in [4.78, 5) is 11.2. The smallest absolute Gasteiger partial charge is 0.335 e. The van der Waals surface area contributed by atoms with Crippen molar-refractivity contribution in [3.63, 3.8) is 0 Å². The Morgan fingerprint density at radius 2 is 2.00 bits per heavy atom. The first-order valence-corrected chi connectivity index (χ1v) is 6.40. The first kappa shape index (κ1) is 12.4. The van der Waals surface area contributed by atoms with Crippen LogP contribution in [0.5, 0.6) is 0 Å². The van der Waals surface area contributed by atoms with Gasteiger partial charge in [0.1, 0.15) is 0 Å². The molecule has 4 heteroatoms. The van der Waals surface area contributed by atoms with Gasteiger partial charge < -0.3 is 5.11 Å². The van der Waals surface area contributed by atoms with Crippen LogP contribution in [0.25, 0.3) is 10.9 Å². The number of H-pyrrole nitrogens is 1. The average Bonchev–Trinajstić information content (AvgIpc) is 2.82. The van der Waals surface area contributed by atoms with Crippen molar-refractivity contribution in [3.8, 4) is 0 Å². The second-order valence-electron chi connectivity index (χ2n) is 4.85. The second-order valence-corrected chi connectivity index (χ2v) is 4.85. The van der Waals surface area contributed by atoms with Crippen LogP contribution in [0.1, 0.15) is 27.2 Å². The van der Waals surface area contributed by atoms with Crippen molar-refractivity contribution in [3.05, 3.63) is 64.8 Å². The molecule has 2 aromatic carbocycles. The summed E-state index contributed by atoms with van der Waals surface area (Å²) in [6.45, 7) is 1.95. The van der Waals surface area contributed by atoms with Crippen molar-refractivity contribution in [2.24, 2.45) is 0 Å². The molecule has 3 rings (SSSR count). The van der Waals surface area contributed by atoms with E-state index >= 15 is 0 Å². The third-order valence-electron chi connectivity index (χ3n) is 3.40. The molecule has 0 aliphatic carbocycles. The highest BCUT2D eigenvalue weighted by atomic mass is 16.4. The topological polar surface area (TPSA) is 66.0 Å². The Kier molecular flexibility index (Phi) is 2.99. The summed E-state index contributed by atoms with van der Waals surface area (Å²) in [7, 11) is 0. The minimum absolute atomic E-state index is 0.273. The number of fused-ring (bicyclic) bond motifs is 1. The molecule has 0 fully saturated rings. The number of aromatic nitrogens is 2. The predicted octanol–water partition coefficient (Wildman–Crippen LogP) is 3.16. The van der Waals surface area contributed by atoms with Gasteiger partial charge in [-0.1, -0.05) is 30.3 Å². The molecule has 0 saturated heterocycles. The Bertz CT molecular complexity index is 776. The largest absolute Gasteiger partial charge is 0.478 e. The van der Waals surface area contributed by atoms with Gasteiger partial charge in [0.15, 0.2) is 0 Å². The summed E-state index contributed by atoms with van der Waals surface area (Å²) in [6.07, 6.45) is 0.693. The number of aryl methyl sites for hydroxylation is 1. The van der Waals surface area contributed by atoms with Gasteiger partial charge in [-0.15, -0.1) is 0 Å². The first-order valence-electron chi connectivity index (χ1n) is 6.40. The molecule has 0 aliphatic rings. The number of nitrogens with zero attached hydrogens (tertiary/aromatic N) is 1. The van der Waals surface area contributed by atoms with E-state index in [1.54, 1.807) is 12.1 Å². The highest BCUT2D eigenvalue weighted by molar-refractivity contribution is 5.95. The molecule has 0 aliphatic heterocycles. The van der Waals surface area contributed by atoms with E-state index in [0.29, 0.717) is 11.9 Å². The maximum absolute atomic E-state index is 11.2. The van der Waals surface area contributed by atoms with Gasteiger partial charge in [-0.25, -0.2) is 4.79 Å². The molecule has 100 valence electrons. The number of carbonyl (C=O) groups is 1. The number of carboxylic acid groups (broad SMARTS) is 1. The quantitative estimate of drug-likeness (QED) is 0.765. The van der Waals surface area contributed by atoms with E-state index in [4.69, 9.17) is 0 Å². The van der Waals surface area contributed by atoms with E-state index in [0.717, 1.165) is 22.2 Å². The van der Waals surface area contributed by atoms with Crippen molar-refractivity contribution < 1.29 is 9.90 Å². The summed E-state index contributed by atoms with van der Waals surface area (Å²) < 4.78 is 0. The van der Waals surface area contributed by atoms with Crippen LogP contribution in [-0.2, 0) is 6.42 Å². The number of rotatable bonds is 3. The molecule has 0 radical (unpaired) electrons. The zero-order valence-electron chi connectivity index (χ0n) is 11.1. The summed E-state index contributed by atoms with van der Waals surface area (Å²) >= 11 is 0. The van der Waals surface area contributed by atoms with Gasteiger partial charge in [-0.05, 0) is 36.6 Å². The van der Waals surface area contributed by atoms with Crippen LogP contribution >= 0.6 is 0 Å². The van der Waals surface area contributed by atoms with Crippen LogP contribution in [0.4, 0.5) is 0 Å². The fraction of sp³-hybridized carbons (Fsp3) is 0.125. The molecule has 0 saturated carbocycles. The van der Waals surface area contributed by atoms with Gasteiger partial charge in [0, 0.05) is 11.1 Å². The second kappa shape index (κ2) is 4.81. The number of hydrogen-bond donors (Lipinski definition) is 2. The lowest BCUT2D eigenvalue weighted by atomic mass is 9.98. The van der Waals surface area contributed by atoms with Gasteiger partial charge in [0.25, 0.3) is 0 Å². The number of nitrogens with one attached hydrogen (secondary N) is 1. The van der Waals surface area contributed by atoms with E-state index in [1.165, 1.54) is 0 Å². The van der Waals surface area contributed by atoms with Crippen LogP contribution in [0.3, 0.4) is 0 Å². The lowest BCUT2D eigenvalue weighted by Crippen LogP contribution is -1.99. The lowest BCUT2D eigenvalue weighted by molar-refractivity contribution is 0.0697. The fourth-order valence-corrected chi connectivity index (χ4v) is 2.49. The average molecular weight is 266 g/mol. The van der Waals surface area contributed by atoms with E-state index < -0.39 is 5.97 Å². The molecule has 0 bridgehead atoms. The minimum atomic E-state index is -0.929. The Balaban J connectivity index is 2.16. The summed E-state index contributed by atoms with van der Waals surface area (Å²) in [5.41, 5.74) is 4.07. The zero-order chi connectivity index (χ0) is 14.1. The third-order valence-corrected chi connectivity index (χ3v) is 3.40. The standard InChI is InChI=1S/C16H14N2O2/c1-10-15-12(7-11-5-3-2-4-6-11)8-13(16(19)20)9-14(15)18-17-10/h2-6,8-9H,7H2,1H3,(H,17,18)(H,19,20). The maximum Gasteiger partial charge on any atom is 0.335 e. The van der Waals surface area contributed by atoms with Gasteiger partial charge in [-0.3, -0.25) is 5.10 Å². The van der Waals surface area contributed by atoms with E-state index in [2.05, 4.69) is 10.2 Å². The van der Waals surface area contributed by atoms with Crippen molar-refractivity contribution in [1.82, 2.24) is 10.2 Å². The predicted molar refractivity (Wildman–Crippen MR) is 77.0 cm³/mol. The lowest BCUT2D eigenvalue weighted by Gasteiger charge is -2.06. The molecule has 1 heterocycles. The van der Waals surface area contributed by atoms with Crippen LogP contribution in [0.15, 0.2) is 42.5 Å². The molecular formula is C16H14N2O2. The number of aromatic carboxylic acids is 1. The van der Waals surface area contributed by atoms with Crippen LogP contribution in [0.2, 0.25) is 0 Å². The van der Waals surface area contributed by atoms with Crippen LogP contribution in [0, 0.1) is 6.92 Å². The van der Waals surface area contributed by atoms with Crippen molar-refractivity contribution in [2.45, 2.75) is 13.3 Å². The van der Waals surface area contributed by atoms with Gasteiger partial charge in [-0.2, -0.15) is 5.10 Å². The van der Waals surface area contributed by atoms with Crippen LogP contribution in [-0.4, -0.2) is 21.3 Å². The SMILES string of the molecule is Cc1[nH]nc2cc(C(=O)O)cc(Cc3ccccc3)c12. The zero-order valence-corrected chi connectivity index (χ0v) is 11.1. The Labute approximate surface area is 116 Å². The molecule has 0 amide bonds. The van der Waals surface area contributed by atoms with Gasteiger partial charge >= 0.3 is 5.97 Å². The highest BCUT2D eigenvalue weighted by Gasteiger charge is 2.13. The summed E-state index contributed by atoms with van der Waals surface area (Å²) in [5, 5.41) is 17.3. The maximum atomic E-state index is 11.2. The third kappa shape index (κ3) is 2.16. The van der Waals surface area contributed by atoms with Gasteiger partial charge in [0.05, 0.1) is 11.1 Å². The monoisotopic (exact) mass is 266 g/mol. The van der Waals surface area contributed by atoms with E-state index in [-0.39, 0.29) is 5.56 Å². The first-order chi connectivity index (χ1) is 9.65. The number of carboxylic acids is 1. The molecule has 0 unspecified atom stereocenters. The molecule has 2 N–H and O–H groups in total.